The molecule has 0 heterocycles. The molecule has 0 saturated carbocycles. The van der Waals surface area contributed by atoms with Gasteiger partial charge in [0.1, 0.15) is 5.75 Å². The summed E-state index contributed by atoms with van der Waals surface area (Å²) in [6, 6.07) is 5.18. The number of hydrogen-bond acceptors (Lipinski definition) is 4. The Bertz CT molecular complexity index is 421. The fraction of sp³-hybridized carbons (Fsp3) is 0.500. The number of nitrogen functional groups attached to an aromatic ring is 1. The quantitative estimate of drug-likeness (QED) is 0.739. The largest absolute Gasteiger partial charge is 0.494 e. The third-order valence-corrected chi connectivity index (χ3v) is 2.85. The van der Waals surface area contributed by atoms with E-state index in [1.807, 2.05) is 6.92 Å². The van der Waals surface area contributed by atoms with E-state index < -0.39 is 0 Å². The predicted octanol–water partition coefficient (Wildman–Crippen LogP) is 1.95. The van der Waals surface area contributed by atoms with Gasteiger partial charge in [0.2, 0.25) is 5.91 Å². The number of likely N-dealkylation sites (N-methyl/N-ethyl adjacent to an activating group) is 1. The summed E-state index contributed by atoms with van der Waals surface area (Å²) in [7, 11) is 1.56. The lowest BCUT2D eigenvalue weighted by Gasteiger charge is -2.19. The molecule has 106 valence electrons. The number of amides is 1. The summed E-state index contributed by atoms with van der Waals surface area (Å²) in [5.74, 6) is 0.533. The van der Waals surface area contributed by atoms with Crippen LogP contribution in [-0.4, -0.2) is 37.6 Å². The van der Waals surface area contributed by atoms with Crippen LogP contribution in [0.3, 0.4) is 0 Å². The van der Waals surface area contributed by atoms with E-state index in [4.69, 9.17) is 10.5 Å². The summed E-state index contributed by atoms with van der Waals surface area (Å²) in [5, 5.41) is 2.85. The van der Waals surface area contributed by atoms with Crippen molar-refractivity contribution in [1.29, 1.82) is 0 Å². The third kappa shape index (κ3) is 4.79. The molecule has 0 bridgehead atoms. The van der Waals surface area contributed by atoms with E-state index in [9.17, 15) is 4.79 Å². The number of rotatable bonds is 7. The first kappa shape index (κ1) is 15.3. The van der Waals surface area contributed by atoms with Gasteiger partial charge in [0.25, 0.3) is 0 Å². The van der Waals surface area contributed by atoms with Gasteiger partial charge in [-0.25, -0.2) is 0 Å². The second-order valence-corrected chi connectivity index (χ2v) is 4.38. The van der Waals surface area contributed by atoms with Gasteiger partial charge in [0, 0.05) is 11.8 Å². The second kappa shape index (κ2) is 7.63. The van der Waals surface area contributed by atoms with Crippen LogP contribution in [0.25, 0.3) is 0 Å². The smallest absolute Gasteiger partial charge is 0.238 e. The first-order valence-corrected chi connectivity index (χ1v) is 6.56. The molecule has 0 unspecified atom stereocenters. The van der Waals surface area contributed by atoms with Crippen molar-refractivity contribution >= 4 is 17.3 Å². The number of nitrogens with two attached hydrogens (primary N) is 1. The fourth-order valence-electron chi connectivity index (χ4n) is 1.87. The average molecular weight is 265 g/mol. The Kier molecular flexibility index (Phi) is 6.15. The van der Waals surface area contributed by atoms with Gasteiger partial charge in [-0.05, 0) is 31.6 Å². The SMILES string of the molecule is CCCN(CC)CC(=O)Nc1ccc(N)cc1OC. The molecule has 19 heavy (non-hydrogen) atoms. The van der Waals surface area contributed by atoms with Crippen molar-refractivity contribution in [2.75, 3.05) is 37.8 Å². The average Bonchev–Trinajstić information content (AvgIpc) is 2.40. The summed E-state index contributed by atoms with van der Waals surface area (Å²) in [5.41, 5.74) is 6.93. The van der Waals surface area contributed by atoms with E-state index in [0.29, 0.717) is 23.7 Å². The number of ether oxygens (including phenoxy) is 1. The Balaban J connectivity index is 2.66. The van der Waals surface area contributed by atoms with Gasteiger partial charge >= 0.3 is 0 Å². The van der Waals surface area contributed by atoms with Crippen molar-refractivity contribution in [2.24, 2.45) is 0 Å². The Labute approximate surface area is 114 Å². The maximum Gasteiger partial charge on any atom is 0.238 e. The maximum atomic E-state index is 12.0. The minimum Gasteiger partial charge on any atom is -0.494 e. The van der Waals surface area contributed by atoms with Crippen molar-refractivity contribution in [1.82, 2.24) is 4.90 Å². The van der Waals surface area contributed by atoms with Crippen LogP contribution in [0.15, 0.2) is 18.2 Å². The molecule has 0 radical (unpaired) electrons. The highest BCUT2D eigenvalue weighted by Crippen LogP contribution is 2.26. The van der Waals surface area contributed by atoms with Gasteiger partial charge < -0.3 is 15.8 Å². The van der Waals surface area contributed by atoms with Crippen LogP contribution in [0.1, 0.15) is 20.3 Å². The van der Waals surface area contributed by atoms with Gasteiger partial charge in [-0.1, -0.05) is 13.8 Å². The lowest BCUT2D eigenvalue weighted by molar-refractivity contribution is -0.117. The number of carbonyl (C=O) groups is 1. The highest BCUT2D eigenvalue weighted by atomic mass is 16.5. The van der Waals surface area contributed by atoms with E-state index in [-0.39, 0.29) is 5.91 Å². The summed E-state index contributed by atoms with van der Waals surface area (Å²) in [6.07, 6.45) is 1.03. The standard InChI is InChI=1S/C14H23N3O2/c1-4-8-17(5-2)10-14(18)16-12-7-6-11(15)9-13(12)19-3/h6-7,9H,4-5,8,10,15H2,1-3H3,(H,16,18). The molecule has 5 heteroatoms. The number of anilines is 2. The van der Waals surface area contributed by atoms with Crippen molar-refractivity contribution in [2.45, 2.75) is 20.3 Å². The van der Waals surface area contributed by atoms with E-state index in [0.717, 1.165) is 19.5 Å². The van der Waals surface area contributed by atoms with Crippen LogP contribution in [0.4, 0.5) is 11.4 Å². The molecular weight excluding hydrogens is 242 g/mol. The zero-order valence-corrected chi connectivity index (χ0v) is 11.9. The second-order valence-electron chi connectivity index (χ2n) is 4.38. The monoisotopic (exact) mass is 265 g/mol. The predicted molar refractivity (Wildman–Crippen MR) is 78.4 cm³/mol. The lowest BCUT2D eigenvalue weighted by atomic mass is 10.2. The third-order valence-electron chi connectivity index (χ3n) is 2.85. The highest BCUT2D eigenvalue weighted by molar-refractivity contribution is 5.94. The number of hydrogen-bond donors (Lipinski definition) is 2. The molecule has 1 aromatic rings. The molecule has 0 atom stereocenters. The molecule has 0 saturated heterocycles. The Hall–Kier alpha value is -1.75. The Morgan fingerprint density at radius 2 is 2.16 bits per heavy atom. The number of carbonyl (C=O) groups excluding carboxylic acids is 1. The molecule has 3 N–H and O–H groups in total. The minimum absolute atomic E-state index is 0.0432. The molecule has 0 aliphatic carbocycles. The van der Waals surface area contributed by atoms with Gasteiger partial charge in [-0.15, -0.1) is 0 Å². The van der Waals surface area contributed by atoms with Crippen LogP contribution in [0.2, 0.25) is 0 Å². The fourth-order valence-corrected chi connectivity index (χ4v) is 1.87. The van der Waals surface area contributed by atoms with Crippen molar-refractivity contribution in [3.05, 3.63) is 18.2 Å². The molecule has 0 fully saturated rings. The van der Waals surface area contributed by atoms with Crippen LogP contribution in [0, 0.1) is 0 Å². The van der Waals surface area contributed by atoms with Crippen LogP contribution < -0.4 is 15.8 Å². The Morgan fingerprint density at radius 3 is 2.74 bits per heavy atom. The lowest BCUT2D eigenvalue weighted by Crippen LogP contribution is -2.33. The van der Waals surface area contributed by atoms with E-state index in [2.05, 4.69) is 17.1 Å². The molecule has 1 aromatic carbocycles. The molecule has 1 amide bonds. The first-order valence-electron chi connectivity index (χ1n) is 6.56. The molecule has 5 nitrogen and oxygen atoms in total. The zero-order valence-electron chi connectivity index (χ0n) is 11.9. The van der Waals surface area contributed by atoms with Gasteiger partial charge in [-0.2, -0.15) is 0 Å². The van der Waals surface area contributed by atoms with E-state index in [1.54, 1.807) is 25.3 Å². The van der Waals surface area contributed by atoms with Crippen LogP contribution in [-0.2, 0) is 4.79 Å². The maximum absolute atomic E-state index is 12.0. The summed E-state index contributed by atoms with van der Waals surface area (Å²) >= 11 is 0. The van der Waals surface area contributed by atoms with Crippen LogP contribution in [0.5, 0.6) is 5.75 Å². The van der Waals surface area contributed by atoms with Crippen molar-refractivity contribution in [3.8, 4) is 5.75 Å². The summed E-state index contributed by atoms with van der Waals surface area (Å²) in [6.45, 7) is 6.32. The zero-order chi connectivity index (χ0) is 14.3. The summed E-state index contributed by atoms with van der Waals surface area (Å²) in [4.78, 5) is 14.1. The van der Waals surface area contributed by atoms with E-state index in [1.165, 1.54) is 0 Å². The normalized spacial score (nSPS) is 10.5. The van der Waals surface area contributed by atoms with Gasteiger partial charge in [0.15, 0.2) is 0 Å². The van der Waals surface area contributed by atoms with Crippen LogP contribution >= 0.6 is 0 Å². The molecule has 0 aliphatic rings. The van der Waals surface area contributed by atoms with Gasteiger partial charge in [-0.3, -0.25) is 9.69 Å². The van der Waals surface area contributed by atoms with Crippen molar-refractivity contribution in [3.63, 3.8) is 0 Å². The molecular formula is C14H23N3O2. The minimum atomic E-state index is -0.0432. The first-order chi connectivity index (χ1) is 9.10. The molecule has 0 aromatic heterocycles. The number of benzene rings is 1. The number of nitrogens with one attached hydrogen (secondary N) is 1. The highest BCUT2D eigenvalue weighted by Gasteiger charge is 2.11. The van der Waals surface area contributed by atoms with E-state index >= 15 is 0 Å². The molecule has 0 aliphatic heterocycles. The topological polar surface area (TPSA) is 67.6 Å². The Morgan fingerprint density at radius 1 is 1.42 bits per heavy atom. The van der Waals surface area contributed by atoms with Crippen molar-refractivity contribution < 1.29 is 9.53 Å². The van der Waals surface area contributed by atoms with Gasteiger partial charge in [0.05, 0.1) is 19.3 Å². The number of methoxy groups -OCH3 is 1. The molecule has 1 rings (SSSR count). The number of nitrogens with zero attached hydrogens (tertiary/aromatic N) is 1. The summed E-state index contributed by atoms with van der Waals surface area (Å²) < 4.78 is 5.20. The molecule has 0 spiro atoms.